The number of nitrogens with one attached hydrogen (secondary N) is 1. The summed E-state index contributed by atoms with van der Waals surface area (Å²) in [7, 11) is 1.33. The van der Waals surface area contributed by atoms with Crippen LogP contribution in [0.4, 0.5) is 4.79 Å². The molecule has 0 bridgehead atoms. The van der Waals surface area contributed by atoms with Crippen LogP contribution in [0.2, 0.25) is 0 Å². The standard InChI is InChI=1S/C12H14N2O3/c1-17-11(15)10(9-5-3-2-4-6-9)14-8-7-13-12(14)16/h2-6,10H,7-8H2,1H3,(H,13,16). The van der Waals surface area contributed by atoms with Crippen molar-refractivity contribution < 1.29 is 14.3 Å². The van der Waals surface area contributed by atoms with E-state index in [9.17, 15) is 9.59 Å². The first-order valence-corrected chi connectivity index (χ1v) is 5.41. The third kappa shape index (κ3) is 2.22. The van der Waals surface area contributed by atoms with Gasteiger partial charge in [-0.15, -0.1) is 0 Å². The van der Waals surface area contributed by atoms with Gasteiger partial charge < -0.3 is 15.0 Å². The highest BCUT2D eigenvalue weighted by Gasteiger charge is 2.34. The van der Waals surface area contributed by atoms with Gasteiger partial charge in [0.15, 0.2) is 6.04 Å². The second-order valence-corrected chi connectivity index (χ2v) is 3.76. The van der Waals surface area contributed by atoms with Gasteiger partial charge in [-0.1, -0.05) is 30.3 Å². The molecule has 90 valence electrons. The summed E-state index contributed by atoms with van der Waals surface area (Å²) >= 11 is 0. The zero-order valence-corrected chi connectivity index (χ0v) is 9.55. The monoisotopic (exact) mass is 234 g/mol. The van der Waals surface area contributed by atoms with Crippen molar-refractivity contribution in [3.63, 3.8) is 0 Å². The Labute approximate surface area is 99.4 Å². The largest absolute Gasteiger partial charge is 0.467 e. The third-order valence-electron chi connectivity index (χ3n) is 2.74. The van der Waals surface area contributed by atoms with Gasteiger partial charge in [-0.05, 0) is 5.56 Å². The molecule has 0 aromatic heterocycles. The van der Waals surface area contributed by atoms with Crippen LogP contribution in [0.25, 0.3) is 0 Å². The SMILES string of the molecule is COC(=O)C(c1ccccc1)N1CCNC1=O. The molecule has 1 aromatic carbocycles. The average Bonchev–Trinajstić information content (AvgIpc) is 2.77. The molecule has 0 aliphatic carbocycles. The maximum absolute atomic E-state index is 11.8. The summed E-state index contributed by atoms with van der Waals surface area (Å²) in [5, 5.41) is 2.68. The number of urea groups is 1. The molecule has 2 amide bonds. The Bertz CT molecular complexity index is 419. The van der Waals surface area contributed by atoms with Crippen molar-refractivity contribution in [2.45, 2.75) is 6.04 Å². The second-order valence-electron chi connectivity index (χ2n) is 3.76. The van der Waals surface area contributed by atoms with Crippen molar-refractivity contribution in [1.82, 2.24) is 10.2 Å². The van der Waals surface area contributed by atoms with E-state index in [1.54, 1.807) is 0 Å². The van der Waals surface area contributed by atoms with Crippen LogP contribution in [0.1, 0.15) is 11.6 Å². The maximum Gasteiger partial charge on any atom is 0.333 e. The molecule has 1 N–H and O–H groups in total. The molecule has 1 unspecified atom stereocenters. The maximum atomic E-state index is 11.8. The van der Waals surface area contributed by atoms with Crippen molar-refractivity contribution in [2.24, 2.45) is 0 Å². The van der Waals surface area contributed by atoms with Crippen LogP contribution in [-0.4, -0.2) is 37.1 Å². The van der Waals surface area contributed by atoms with Gasteiger partial charge in [-0.3, -0.25) is 0 Å². The molecular weight excluding hydrogens is 220 g/mol. The summed E-state index contributed by atoms with van der Waals surface area (Å²) in [6, 6.07) is 8.26. The molecule has 1 aromatic rings. The van der Waals surface area contributed by atoms with Crippen LogP contribution in [-0.2, 0) is 9.53 Å². The van der Waals surface area contributed by atoms with E-state index >= 15 is 0 Å². The number of carbonyl (C=O) groups excluding carboxylic acids is 2. The fourth-order valence-electron chi connectivity index (χ4n) is 1.92. The van der Waals surface area contributed by atoms with Gasteiger partial charge in [0.25, 0.3) is 0 Å². The number of hydrogen-bond donors (Lipinski definition) is 1. The van der Waals surface area contributed by atoms with Crippen molar-refractivity contribution in [3.8, 4) is 0 Å². The first-order valence-electron chi connectivity index (χ1n) is 5.41. The number of hydrogen-bond acceptors (Lipinski definition) is 3. The Balaban J connectivity index is 2.32. The Morgan fingerprint density at radius 1 is 1.41 bits per heavy atom. The van der Waals surface area contributed by atoms with Crippen LogP contribution >= 0.6 is 0 Å². The highest BCUT2D eigenvalue weighted by atomic mass is 16.5. The van der Waals surface area contributed by atoms with Gasteiger partial charge in [-0.2, -0.15) is 0 Å². The van der Waals surface area contributed by atoms with Crippen molar-refractivity contribution in [3.05, 3.63) is 35.9 Å². The molecular formula is C12H14N2O3. The molecule has 5 nitrogen and oxygen atoms in total. The topological polar surface area (TPSA) is 58.6 Å². The summed E-state index contributed by atoms with van der Waals surface area (Å²) in [6.07, 6.45) is 0. The molecule has 0 saturated carbocycles. The van der Waals surface area contributed by atoms with E-state index in [4.69, 9.17) is 4.74 Å². The highest BCUT2D eigenvalue weighted by molar-refractivity contribution is 5.85. The molecule has 1 aliphatic heterocycles. The number of esters is 1. The molecule has 0 spiro atoms. The zero-order valence-electron chi connectivity index (χ0n) is 9.55. The van der Waals surface area contributed by atoms with Gasteiger partial charge in [0.1, 0.15) is 0 Å². The van der Waals surface area contributed by atoms with Crippen molar-refractivity contribution >= 4 is 12.0 Å². The summed E-state index contributed by atoms with van der Waals surface area (Å²) < 4.78 is 4.77. The minimum Gasteiger partial charge on any atom is -0.467 e. The van der Waals surface area contributed by atoms with Crippen LogP contribution in [0, 0.1) is 0 Å². The molecule has 5 heteroatoms. The number of ether oxygens (including phenoxy) is 1. The van der Waals surface area contributed by atoms with E-state index < -0.39 is 12.0 Å². The van der Waals surface area contributed by atoms with Crippen molar-refractivity contribution in [1.29, 1.82) is 0 Å². The lowest BCUT2D eigenvalue weighted by Crippen LogP contribution is -2.37. The minimum absolute atomic E-state index is 0.232. The highest BCUT2D eigenvalue weighted by Crippen LogP contribution is 2.23. The van der Waals surface area contributed by atoms with Gasteiger partial charge in [0.05, 0.1) is 7.11 Å². The first-order chi connectivity index (χ1) is 8.24. The van der Waals surface area contributed by atoms with E-state index in [2.05, 4.69) is 5.32 Å². The van der Waals surface area contributed by atoms with E-state index in [1.165, 1.54) is 12.0 Å². The molecule has 2 rings (SSSR count). The Morgan fingerprint density at radius 2 is 2.12 bits per heavy atom. The summed E-state index contributed by atoms with van der Waals surface area (Å²) in [5.41, 5.74) is 0.761. The molecule has 1 heterocycles. The fraction of sp³-hybridized carbons (Fsp3) is 0.333. The number of rotatable bonds is 3. The Kier molecular flexibility index (Phi) is 3.27. The quantitative estimate of drug-likeness (QED) is 0.791. The third-order valence-corrected chi connectivity index (χ3v) is 2.74. The normalized spacial score (nSPS) is 16.5. The summed E-state index contributed by atoms with van der Waals surface area (Å²) in [6.45, 7) is 1.06. The molecule has 0 radical (unpaired) electrons. The lowest BCUT2D eigenvalue weighted by atomic mass is 10.1. The molecule has 1 aliphatic rings. The van der Waals surface area contributed by atoms with Crippen LogP contribution in [0.15, 0.2) is 30.3 Å². The summed E-state index contributed by atoms with van der Waals surface area (Å²) in [4.78, 5) is 24.9. The minimum atomic E-state index is -0.663. The van der Waals surface area contributed by atoms with Crippen LogP contribution < -0.4 is 5.32 Å². The van der Waals surface area contributed by atoms with Gasteiger partial charge >= 0.3 is 12.0 Å². The first kappa shape index (κ1) is 11.4. The van der Waals surface area contributed by atoms with Crippen LogP contribution in [0.3, 0.4) is 0 Å². The van der Waals surface area contributed by atoms with E-state index in [1.807, 2.05) is 30.3 Å². The molecule has 1 atom stereocenters. The number of nitrogens with zero attached hydrogens (tertiary/aromatic N) is 1. The Hall–Kier alpha value is -2.04. The number of amides is 2. The lowest BCUT2D eigenvalue weighted by molar-refractivity contribution is -0.145. The lowest BCUT2D eigenvalue weighted by Gasteiger charge is -2.24. The number of methoxy groups -OCH3 is 1. The molecule has 1 fully saturated rings. The smallest absolute Gasteiger partial charge is 0.333 e. The van der Waals surface area contributed by atoms with Gasteiger partial charge in [-0.25, -0.2) is 9.59 Å². The van der Waals surface area contributed by atoms with E-state index in [0.717, 1.165) is 5.56 Å². The second kappa shape index (κ2) is 4.86. The van der Waals surface area contributed by atoms with Gasteiger partial charge in [0, 0.05) is 13.1 Å². The average molecular weight is 234 g/mol. The van der Waals surface area contributed by atoms with E-state index in [0.29, 0.717) is 13.1 Å². The number of carbonyl (C=O) groups is 2. The predicted molar refractivity (Wildman–Crippen MR) is 61.3 cm³/mol. The van der Waals surface area contributed by atoms with Crippen molar-refractivity contribution in [2.75, 3.05) is 20.2 Å². The molecule has 1 saturated heterocycles. The Morgan fingerprint density at radius 3 is 2.65 bits per heavy atom. The van der Waals surface area contributed by atoms with Crippen LogP contribution in [0.5, 0.6) is 0 Å². The summed E-state index contributed by atoms with van der Waals surface area (Å²) in [5.74, 6) is -0.423. The predicted octanol–water partition coefficient (Wildman–Crippen LogP) is 0.926. The zero-order chi connectivity index (χ0) is 12.3. The number of benzene rings is 1. The molecule has 17 heavy (non-hydrogen) atoms. The van der Waals surface area contributed by atoms with Gasteiger partial charge in [0.2, 0.25) is 0 Å². The fourth-order valence-corrected chi connectivity index (χ4v) is 1.92. The van der Waals surface area contributed by atoms with E-state index in [-0.39, 0.29) is 6.03 Å².